The van der Waals surface area contributed by atoms with Crippen LogP contribution in [0.1, 0.15) is 18.3 Å². The summed E-state index contributed by atoms with van der Waals surface area (Å²) in [6, 6.07) is 7.20. The summed E-state index contributed by atoms with van der Waals surface area (Å²) in [6.45, 7) is 8.80. The Kier molecular flexibility index (Phi) is 5.18. The minimum absolute atomic E-state index is 0.211. The molecule has 6 nitrogen and oxygen atoms in total. The monoisotopic (exact) mass is 404 g/mol. The van der Waals surface area contributed by atoms with E-state index < -0.39 is 8.07 Å². The zero-order valence-corrected chi connectivity index (χ0v) is 18.2. The van der Waals surface area contributed by atoms with E-state index in [4.69, 9.17) is 11.6 Å². The van der Waals surface area contributed by atoms with Crippen LogP contribution >= 0.6 is 11.6 Å². The van der Waals surface area contributed by atoms with Crippen LogP contribution < -0.4 is 11.2 Å². The molecule has 0 aliphatic rings. The van der Waals surface area contributed by atoms with Crippen LogP contribution in [-0.4, -0.2) is 26.8 Å². The minimum atomic E-state index is -1.62. The summed E-state index contributed by atoms with van der Waals surface area (Å²) in [4.78, 5) is 31.0. The zero-order valence-electron chi connectivity index (χ0n) is 16.4. The molecule has 0 aliphatic heterocycles. The fraction of sp³-hybridized carbons (Fsp3) is 0.421. The van der Waals surface area contributed by atoms with Gasteiger partial charge in [0.05, 0.1) is 14.6 Å². The lowest BCUT2D eigenvalue weighted by Crippen LogP contribution is -2.44. The van der Waals surface area contributed by atoms with Crippen molar-refractivity contribution in [3.05, 3.63) is 61.5 Å². The summed E-state index contributed by atoms with van der Waals surface area (Å²) in [5.74, 6) is 0.801. The first-order valence-electron chi connectivity index (χ1n) is 9.05. The molecule has 3 rings (SSSR count). The molecule has 1 aromatic carbocycles. The Morgan fingerprint density at radius 1 is 1.07 bits per heavy atom. The van der Waals surface area contributed by atoms with Gasteiger partial charge < -0.3 is 4.57 Å². The molecule has 27 heavy (non-hydrogen) atoms. The van der Waals surface area contributed by atoms with E-state index in [1.165, 1.54) is 4.57 Å². The van der Waals surface area contributed by atoms with Crippen LogP contribution in [0.4, 0.5) is 0 Å². The van der Waals surface area contributed by atoms with Gasteiger partial charge in [-0.05, 0) is 17.7 Å². The molecule has 0 amide bonds. The van der Waals surface area contributed by atoms with Crippen molar-refractivity contribution in [2.45, 2.75) is 45.7 Å². The molecule has 3 aromatic rings. The van der Waals surface area contributed by atoms with Gasteiger partial charge in [0.25, 0.3) is 5.56 Å². The molecular weight excluding hydrogens is 380 g/mol. The van der Waals surface area contributed by atoms with E-state index in [2.05, 4.69) is 24.6 Å². The summed E-state index contributed by atoms with van der Waals surface area (Å²) in [5.41, 5.74) is 1.24. The molecule has 0 N–H and O–H groups in total. The van der Waals surface area contributed by atoms with E-state index in [-0.39, 0.29) is 17.8 Å². The average molecular weight is 405 g/mol. The van der Waals surface area contributed by atoms with Crippen LogP contribution in [0.3, 0.4) is 0 Å². The van der Waals surface area contributed by atoms with Gasteiger partial charge in [0.2, 0.25) is 0 Å². The lowest BCUT2D eigenvalue weighted by atomic mass is 10.2. The Labute approximate surface area is 164 Å². The number of hydrogen-bond acceptors (Lipinski definition) is 3. The number of rotatable bonds is 5. The normalized spacial score (nSPS) is 12.1. The number of aromatic nitrogens is 4. The second kappa shape index (κ2) is 7.13. The maximum atomic E-state index is 13.2. The van der Waals surface area contributed by atoms with Crippen LogP contribution in [-0.2, 0) is 26.2 Å². The van der Waals surface area contributed by atoms with Crippen LogP contribution in [0.5, 0.6) is 0 Å². The van der Waals surface area contributed by atoms with E-state index in [1.807, 2.05) is 30.7 Å². The van der Waals surface area contributed by atoms with Gasteiger partial charge in [-0.3, -0.25) is 13.9 Å². The molecular formula is C19H25ClN4O2Si. The van der Waals surface area contributed by atoms with E-state index in [1.54, 1.807) is 16.7 Å². The maximum Gasteiger partial charge on any atom is 0.332 e. The first kappa shape index (κ1) is 19.6. The third-order valence-electron chi connectivity index (χ3n) is 4.54. The van der Waals surface area contributed by atoms with Gasteiger partial charge in [0.1, 0.15) is 5.82 Å². The third-order valence-corrected chi connectivity index (χ3v) is 6.05. The predicted molar refractivity (Wildman–Crippen MR) is 113 cm³/mol. The Morgan fingerprint density at radius 2 is 1.70 bits per heavy atom. The van der Waals surface area contributed by atoms with Crippen molar-refractivity contribution in [1.29, 1.82) is 0 Å². The second-order valence-electron chi connectivity index (χ2n) is 8.06. The first-order chi connectivity index (χ1) is 12.6. The molecule has 144 valence electrons. The van der Waals surface area contributed by atoms with E-state index in [0.29, 0.717) is 28.8 Å². The van der Waals surface area contributed by atoms with Gasteiger partial charge >= 0.3 is 5.69 Å². The Balaban J connectivity index is 2.30. The van der Waals surface area contributed by atoms with Gasteiger partial charge in [-0.25, -0.2) is 9.78 Å². The van der Waals surface area contributed by atoms with Crippen molar-refractivity contribution in [3.63, 3.8) is 0 Å². The van der Waals surface area contributed by atoms with Gasteiger partial charge in [0, 0.05) is 24.7 Å². The van der Waals surface area contributed by atoms with Crippen LogP contribution in [0, 0.1) is 0 Å². The lowest BCUT2D eigenvalue weighted by Gasteiger charge is -2.19. The van der Waals surface area contributed by atoms with E-state index in [0.717, 1.165) is 11.4 Å². The van der Waals surface area contributed by atoms with Crippen LogP contribution in [0.25, 0.3) is 11.2 Å². The van der Waals surface area contributed by atoms with Gasteiger partial charge in [-0.15, -0.1) is 0 Å². The van der Waals surface area contributed by atoms with Gasteiger partial charge in [-0.1, -0.05) is 50.3 Å². The fourth-order valence-electron chi connectivity index (χ4n) is 3.25. The van der Waals surface area contributed by atoms with Crippen LogP contribution in [0.15, 0.2) is 33.9 Å². The lowest BCUT2D eigenvalue weighted by molar-refractivity contribution is 0.643. The Bertz CT molecular complexity index is 1100. The van der Waals surface area contributed by atoms with Crippen molar-refractivity contribution in [2.75, 3.05) is 0 Å². The SMILES string of the molecule is CCc1nc2c(c(=O)n(Cc3ccc(Cl)cc3)c(=O)n2C[Si](C)(C)C)n1C. The fourth-order valence-corrected chi connectivity index (χ4v) is 4.61. The molecule has 0 atom stereocenters. The number of imidazole rings is 1. The predicted octanol–water partition coefficient (Wildman–Crippen LogP) is 3.04. The quantitative estimate of drug-likeness (QED) is 0.614. The summed E-state index contributed by atoms with van der Waals surface area (Å²) in [7, 11) is 0.215. The molecule has 0 aliphatic carbocycles. The second-order valence-corrected chi connectivity index (χ2v) is 13.9. The molecule has 0 unspecified atom stereocenters. The first-order valence-corrected chi connectivity index (χ1v) is 13.1. The molecule has 0 bridgehead atoms. The number of nitrogens with zero attached hydrogens (tertiary/aromatic N) is 4. The molecule has 0 saturated heterocycles. The highest BCUT2D eigenvalue weighted by Gasteiger charge is 2.23. The molecule has 2 heterocycles. The summed E-state index contributed by atoms with van der Waals surface area (Å²) in [6.07, 6.45) is 1.31. The number of fused-ring (bicyclic) bond motifs is 1. The largest absolute Gasteiger partial charge is 0.332 e. The van der Waals surface area contributed by atoms with Gasteiger partial charge in [0.15, 0.2) is 11.2 Å². The molecule has 0 fully saturated rings. The molecule has 0 radical (unpaired) electrons. The number of hydrogen-bond donors (Lipinski definition) is 0. The van der Waals surface area contributed by atoms with E-state index >= 15 is 0 Å². The highest BCUT2D eigenvalue weighted by Crippen LogP contribution is 2.14. The average Bonchev–Trinajstić information content (AvgIpc) is 2.93. The molecule has 2 aromatic heterocycles. The van der Waals surface area contributed by atoms with Gasteiger partial charge in [-0.2, -0.15) is 0 Å². The smallest absolute Gasteiger partial charge is 0.325 e. The Hall–Kier alpha value is -2.12. The highest BCUT2D eigenvalue weighted by molar-refractivity contribution is 6.75. The summed E-state index contributed by atoms with van der Waals surface area (Å²) < 4.78 is 4.82. The molecule has 0 spiro atoms. The third kappa shape index (κ3) is 3.79. The van der Waals surface area contributed by atoms with E-state index in [9.17, 15) is 9.59 Å². The van der Waals surface area contributed by atoms with Crippen molar-refractivity contribution >= 4 is 30.8 Å². The standard InChI is InChI=1S/C19H25ClN4O2Si/c1-6-15-21-17-16(22(15)2)18(25)23(11-13-7-9-14(20)10-8-13)19(26)24(17)12-27(3,4)5/h7-10H,6,11-12H2,1-5H3. The molecule has 8 heteroatoms. The number of aryl methyl sites for hydroxylation is 2. The van der Waals surface area contributed by atoms with Crippen molar-refractivity contribution in [1.82, 2.24) is 18.7 Å². The highest BCUT2D eigenvalue weighted by atomic mass is 35.5. The number of halogens is 1. The number of benzene rings is 1. The molecule has 0 saturated carbocycles. The summed E-state index contributed by atoms with van der Waals surface area (Å²) >= 11 is 5.95. The van der Waals surface area contributed by atoms with Crippen LogP contribution in [0.2, 0.25) is 24.7 Å². The topological polar surface area (TPSA) is 61.8 Å². The van der Waals surface area contributed by atoms with Crippen molar-refractivity contribution in [2.24, 2.45) is 7.05 Å². The Morgan fingerprint density at radius 3 is 2.26 bits per heavy atom. The maximum absolute atomic E-state index is 13.2. The summed E-state index contributed by atoms with van der Waals surface area (Å²) in [5, 5.41) is 0.622. The van der Waals surface area contributed by atoms with Crippen molar-refractivity contribution < 1.29 is 0 Å². The zero-order chi connectivity index (χ0) is 19.9. The van der Waals surface area contributed by atoms with Crippen molar-refractivity contribution in [3.8, 4) is 0 Å². The minimum Gasteiger partial charge on any atom is -0.325 e.